The Bertz CT molecular complexity index is 222. The number of hydrogen-bond acceptors (Lipinski definition) is 5. The van der Waals surface area contributed by atoms with Gasteiger partial charge in [0.25, 0.3) is 0 Å². The van der Waals surface area contributed by atoms with Crippen LogP contribution in [0.4, 0.5) is 0 Å². The van der Waals surface area contributed by atoms with Crippen LogP contribution in [0.15, 0.2) is 6.20 Å². The molecule has 0 N–H and O–H groups in total. The van der Waals surface area contributed by atoms with E-state index in [1.54, 1.807) is 13.1 Å². The fourth-order valence-electron chi connectivity index (χ4n) is 0.620. The van der Waals surface area contributed by atoms with Gasteiger partial charge >= 0.3 is 5.97 Å². The Labute approximate surface area is 68.4 Å². The number of esters is 1. The first-order valence-electron chi connectivity index (χ1n) is 3.24. The second-order valence-electron chi connectivity index (χ2n) is 1.87. The lowest BCUT2D eigenvalue weighted by atomic mass is 10.4. The second-order valence-corrected chi connectivity index (χ2v) is 2.74. The van der Waals surface area contributed by atoms with E-state index in [1.807, 2.05) is 0 Å². The fraction of sp³-hybridized carbons (Fsp3) is 0.500. The molecule has 0 amide bonds. The number of carbonyl (C=O) groups excluding carboxylic acids is 1. The van der Waals surface area contributed by atoms with E-state index in [0.717, 1.165) is 4.88 Å². The molecule has 11 heavy (non-hydrogen) atoms. The van der Waals surface area contributed by atoms with Crippen molar-refractivity contribution in [2.24, 2.45) is 0 Å². The Balaban J connectivity index is 2.37. The van der Waals surface area contributed by atoms with E-state index in [4.69, 9.17) is 4.74 Å². The predicted molar refractivity (Wildman–Crippen MR) is 40.2 cm³/mol. The van der Waals surface area contributed by atoms with Crippen LogP contribution in [0.1, 0.15) is 11.8 Å². The molecule has 0 saturated carbocycles. The molecule has 60 valence electrons. The molecule has 0 atom stereocenters. The monoisotopic (exact) mass is 172 g/mol. The van der Waals surface area contributed by atoms with Crippen LogP contribution < -0.4 is 0 Å². The standard InChI is InChI=1S/C6H8N2O2S/c1-2-10-6(9)3-5-4-7-8-11-5/h4H,2-3H2,1H3. The van der Waals surface area contributed by atoms with E-state index in [0.29, 0.717) is 6.61 Å². The lowest BCUT2D eigenvalue weighted by Crippen LogP contribution is -2.06. The minimum atomic E-state index is -0.224. The summed E-state index contributed by atoms with van der Waals surface area (Å²) >= 11 is 1.22. The Morgan fingerprint density at radius 1 is 1.82 bits per heavy atom. The topological polar surface area (TPSA) is 52.1 Å². The minimum absolute atomic E-state index is 0.224. The highest BCUT2D eigenvalue weighted by molar-refractivity contribution is 7.05. The van der Waals surface area contributed by atoms with Gasteiger partial charge in [0.05, 0.1) is 24.1 Å². The zero-order valence-corrected chi connectivity index (χ0v) is 6.93. The Kier molecular flexibility index (Phi) is 2.97. The van der Waals surface area contributed by atoms with Crippen LogP contribution in [-0.2, 0) is 16.0 Å². The average molecular weight is 172 g/mol. The van der Waals surface area contributed by atoms with Gasteiger partial charge in [-0.15, -0.1) is 5.10 Å². The maximum absolute atomic E-state index is 10.8. The molecule has 1 aromatic rings. The highest BCUT2D eigenvalue weighted by Gasteiger charge is 2.04. The van der Waals surface area contributed by atoms with Crippen LogP contribution in [0.5, 0.6) is 0 Å². The van der Waals surface area contributed by atoms with Gasteiger partial charge in [0.1, 0.15) is 0 Å². The first-order chi connectivity index (χ1) is 5.33. The van der Waals surface area contributed by atoms with Crippen molar-refractivity contribution in [2.45, 2.75) is 13.3 Å². The van der Waals surface area contributed by atoms with Crippen LogP contribution in [0.2, 0.25) is 0 Å². The summed E-state index contributed by atoms with van der Waals surface area (Å²) in [6.45, 7) is 2.20. The number of rotatable bonds is 3. The maximum Gasteiger partial charge on any atom is 0.311 e. The Hall–Kier alpha value is -0.970. The molecule has 4 nitrogen and oxygen atoms in total. The third-order valence-corrected chi connectivity index (χ3v) is 1.69. The zero-order chi connectivity index (χ0) is 8.10. The molecule has 0 fully saturated rings. The summed E-state index contributed by atoms with van der Waals surface area (Å²) in [5, 5.41) is 3.60. The summed E-state index contributed by atoms with van der Waals surface area (Å²) in [4.78, 5) is 11.7. The highest BCUT2D eigenvalue weighted by Crippen LogP contribution is 2.03. The fourth-order valence-corrected chi connectivity index (χ4v) is 1.10. The summed E-state index contributed by atoms with van der Waals surface area (Å²) in [7, 11) is 0. The molecular formula is C6H8N2O2S. The molecule has 0 aliphatic heterocycles. The number of ether oxygens (including phenoxy) is 1. The van der Waals surface area contributed by atoms with Gasteiger partial charge in [0.2, 0.25) is 0 Å². The summed E-state index contributed by atoms with van der Waals surface area (Å²) in [6.07, 6.45) is 1.85. The SMILES string of the molecule is CCOC(=O)Cc1cnns1. The van der Waals surface area contributed by atoms with Gasteiger partial charge in [0, 0.05) is 0 Å². The van der Waals surface area contributed by atoms with E-state index >= 15 is 0 Å². The molecule has 1 heterocycles. The van der Waals surface area contributed by atoms with Gasteiger partial charge in [-0.25, -0.2) is 0 Å². The van der Waals surface area contributed by atoms with Gasteiger partial charge in [-0.2, -0.15) is 0 Å². The van der Waals surface area contributed by atoms with Crippen LogP contribution in [0, 0.1) is 0 Å². The third kappa shape index (κ3) is 2.63. The van der Waals surface area contributed by atoms with Crippen molar-refractivity contribution in [2.75, 3.05) is 6.61 Å². The van der Waals surface area contributed by atoms with E-state index in [9.17, 15) is 4.79 Å². The molecule has 1 aromatic heterocycles. The van der Waals surface area contributed by atoms with Crippen molar-refractivity contribution >= 4 is 17.5 Å². The number of carbonyl (C=O) groups is 1. The maximum atomic E-state index is 10.8. The van der Waals surface area contributed by atoms with Gasteiger partial charge in [-0.3, -0.25) is 4.79 Å². The number of aromatic nitrogens is 2. The van der Waals surface area contributed by atoms with Crippen molar-refractivity contribution in [3.63, 3.8) is 0 Å². The molecule has 0 aromatic carbocycles. The Morgan fingerprint density at radius 2 is 2.64 bits per heavy atom. The van der Waals surface area contributed by atoms with Crippen LogP contribution in [0.25, 0.3) is 0 Å². The van der Waals surface area contributed by atoms with Crippen LogP contribution >= 0.6 is 11.5 Å². The van der Waals surface area contributed by atoms with Crippen LogP contribution in [-0.4, -0.2) is 22.2 Å². The first kappa shape index (κ1) is 8.13. The minimum Gasteiger partial charge on any atom is -0.466 e. The first-order valence-corrected chi connectivity index (χ1v) is 4.02. The lowest BCUT2D eigenvalue weighted by molar-refractivity contribution is -0.142. The van der Waals surface area contributed by atoms with E-state index in [2.05, 4.69) is 9.59 Å². The van der Waals surface area contributed by atoms with Crippen molar-refractivity contribution in [3.8, 4) is 0 Å². The van der Waals surface area contributed by atoms with Crippen molar-refractivity contribution < 1.29 is 9.53 Å². The lowest BCUT2D eigenvalue weighted by Gasteiger charge is -1.96. The van der Waals surface area contributed by atoms with E-state index < -0.39 is 0 Å². The van der Waals surface area contributed by atoms with Crippen molar-refractivity contribution in [1.82, 2.24) is 9.59 Å². The summed E-state index contributed by atoms with van der Waals surface area (Å²) < 4.78 is 8.35. The van der Waals surface area contributed by atoms with Gasteiger partial charge in [0.15, 0.2) is 0 Å². The van der Waals surface area contributed by atoms with Crippen molar-refractivity contribution in [3.05, 3.63) is 11.1 Å². The average Bonchev–Trinajstić information content (AvgIpc) is 2.40. The predicted octanol–water partition coefficient (Wildman–Crippen LogP) is 0.644. The van der Waals surface area contributed by atoms with Gasteiger partial charge in [-0.1, -0.05) is 4.49 Å². The summed E-state index contributed by atoms with van der Waals surface area (Å²) in [5.74, 6) is -0.224. The molecule has 0 saturated heterocycles. The molecule has 0 aliphatic rings. The normalized spacial score (nSPS) is 9.55. The van der Waals surface area contributed by atoms with Gasteiger partial charge < -0.3 is 4.74 Å². The molecule has 0 radical (unpaired) electrons. The molecule has 0 unspecified atom stereocenters. The van der Waals surface area contributed by atoms with Crippen LogP contribution in [0.3, 0.4) is 0 Å². The summed E-state index contributed by atoms with van der Waals surface area (Å²) in [6, 6.07) is 0. The van der Waals surface area contributed by atoms with Gasteiger partial charge in [-0.05, 0) is 18.5 Å². The largest absolute Gasteiger partial charge is 0.466 e. The Morgan fingerprint density at radius 3 is 3.18 bits per heavy atom. The smallest absolute Gasteiger partial charge is 0.311 e. The quantitative estimate of drug-likeness (QED) is 0.628. The summed E-state index contributed by atoms with van der Waals surface area (Å²) in [5.41, 5.74) is 0. The number of nitrogens with zero attached hydrogens (tertiary/aromatic N) is 2. The van der Waals surface area contributed by atoms with E-state index in [1.165, 1.54) is 11.5 Å². The second kappa shape index (κ2) is 4.02. The molecule has 0 bridgehead atoms. The molecule has 1 rings (SSSR count). The molecule has 0 spiro atoms. The highest BCUT2D eigenvalue weighted by atomic mass is 32.1. The number of hydrogen-bond donors (Lipinski definition) is 0. The molecule has 0 aliphatic carbocycles. The third-order valence-electron chi connectivity index (χ3n) is 1.03. The molecular weight excluding hydrogens is 164 g/mol. The zero-order valence-electron chi connectivity index (χ0n) is 6.11. The van der Waals surface area contributed by atoms with E-state index in [-0.39, 0.29) is 12.4 Å². The molecule has 5 heteroatoms. The van der Waals surface area contributed by atoms with Crippen molar-refractivity contribution in [1.29, 1.82) is 0 Å².